The molecule has 4 heteroatoms. The summed E-state index contributed by atoms with van der Waals surface area (Å²) in [5.74, 6) is 1.78. The number of ether oxygens (including phenoxy) is 1. The van der Waals surface area contributed by atoms with Gasteiger partial charge in [0.25, 0.3) is 0 Å². The van der Waals surface area contributed by atoms with E-state index in [4.69, 9.17) is 4.74 Å². The first-order chi connectivity index (χ1) is 9.63. The SMILES string of the molecule is CN(CC1CC(Br)C1)C(=O)C1COc2ccccc2C1. The molecule has 1 saturated carbocycles. The molecule has 1 aliphatic heterocycles. The zero-order valence-electron chi connectivity index (χ0n) is 11.7. The largest absolute Gasteiger partial charge is 0.492 e. The summed E-state index contributed by atoms with van der Waals surface area (Å²) in [5.41, 5.74) is 1.15. The number of nitrogens with zero attached hydrogens (tertiary/aromatic N) is 1. The molecule has 20 heavy (non-hydrogen) atoms. The first-order valence-electron chi connectivity index (χ1n) is 7.23. The summed E-state index contributed by atoms with van der Waals surface area (Å²) in [4.78, 5) is 15.0. The van der Waals surface area contributed by atoms with Crippen LogP contribution < -0.4 is 4.74 Å². The summed E-state index contributed by atoms with van der Waals surface area (Å²) < 4.78 is 5.71. The maximum Gasteiger partial charge on any atom is 0.229 e. The van der Waals surface area contributed by atoms with Crippen molar-refractivity contribution < 1.29 is 9.53 Å². The Morgan fingerprint density at radius 1 is 1.40 bits per heavy atom. The maximum atomic E-state index is 12.5. The molecule has 1 aromatic carbocycles. The maximum absolute atomic E-state index is 12.5. The molecule has 1 fully saturated rings. The average molecular weight is 338 g/mol. The summed E-state index contributed by atoms with van der Waals surface area (Å²) in [7, 11) is 1.92. The summed E-state index contributed by atoms with van der Waals surface area (Å²) in [6.07, 6.45) is 3.16. The Kier molecular flexibility index (Phi) is 4.01. The fourth-order valence-electron chi connectivity index (χ4n) is 3.08. The van der Waals surface area contributed by atoms with Gasteiger partial charge in [0.2, 0.25) is 5.91 Å². The monoisotopic (exact) mass is 337 g/mol. The fourth-order valence-corrected chi connectivity index (χ4v) is 4.14. The number of halogens is 1. The van der Waals surface area contributed by atoms with Crippen molar-refractivity contribution in [3.63, 3.8) is 0 Å². The van der Waals surface area contributed by atoms with Gasteiger partial charge in [-0.05, 0) is 36.8 Å². The van der Waals surface area contributed by atoms with Gasteiger partial charge in [0.1, 0.15) is 12.4 Å². The third-order valence-electron chi connectivity index (χ3n) is 4.31. The molecule has 2 aliphatic rings. The highest BCUT2D eigenvalue weighted by molar-refractivity contribution is 9.09. The molecule has 1 aliphatic carbocycles. The minimum atomic E-state index is -0.0326. The van der Waals surface area contributed by atoms with Crippen molar-refractivity contribution in [3.8, 4) is 5.75 Å². The van der Waals surface area contributed by atoms with E-state index in [0.29, 0.717) is 17.4 Å². The number of rotatable bonds is 3. The van der Waals surface area contributed by atoms with Crippen LogP contribution in [0.25, 0.3) is 0 Å². The second-order valence-corrected chi connectivity index (χ2v) is 7.27. The molecular formula is C16H20BrNO2. The lowest BCUT2D eigenvalue weighted by Crippen LogP contribution is -2.43. The highest BCUT2D eigenvalue weighted by atomic mass is 79.9. The molecule has 0 spiro atoms. The normalized spacial score (nSPS) is 28.0. The standard InChI is InChI=1S/C16H20BrNO2/c1-18(9-11-6-14(17)7-11)16(19)13-8-12-4-2-3-5-15(12)20-10-13/h2-5,11,13-14H,6-10H2,1H3. The van der Waals surface area contributed by atoms with E-state index in [1.54, 1.807) is 0 Å². The van der Waals surface area contributed by atoms with Gasteiger partial charge in [0.15, 0.2) is 0 Å². The second-order valence-electron chi connectivity index (χ2n) is 5.97. The van der Waals surface area contributed by atoms with Gasteiger partial charge < -0.3 is 9.64 Å². The van der Waals surface area contributed by atoms with Crippen molar-refractivity contribution in [2.45, 2.75) is 24.1 Å². The Hall–Kier alpha value is -1.03. The van der Waals surface area contributed by atoms with E-state index < -0.39 is 0 Å². The zero-order valence-corrected chi connectivity index (χ0v) is 13.3. The molecule has 0 radical (unpaired) electrons. The molecule has 3 rings (SSSR count). The van der Waals surface area contributed by atoms with Crippen molar-refractivity contribution in [2.24, 2.45) is 11.8 Å². The predicted octanol–water partition coefficient (Wildman–Crippen LogP) is 2.87. The number of para-hydroxylation sites is 1. The molecule has 0 aromatic heterocycles. The Bertz CT molecular complexity index is 499. The van der Waals surface area contributed by atoms with Crippen LogP contribution in [-0.4, -0.2) is 35.8 Å². The van der Waals surface area contributed by atoms with Crippen LogP contribution in [0.4, 0.5) is 0 Å². The number of hydrogen-bond donors (Lipinski definition) is 0. The first kappa shape index (κ1) is 13.9. The quantitative estimate of drug-likeness (QED) is 0.793. The Balaban J connectivity index is 1.58. The van der Waals surface area contributed by atoms with E-state index in [0.717, 1.165) is 24.3 Å². The van der Waals surface area contributed by atoms with Gasteiger partial charge in [-0.15, -0.1) is 0 Å². The number of carbonyl (C=O) groups excluding carboxylic acids is 1. The van der Waals surface area contributed by atoms with Gasteiger partial charge in [0, 0.05) is 18.4 Å². The summed E-state index contributed by atoms with van der Waals surface area (Å²) in [6.45, 7) is 1.38. The highest BCUT2D eigenvalue weighted by Crippen LogP contribution is 2.34. The minimum absolute atomic E-state index is 0.0326. The number of benzene rings is 1. The number of alkyl halides is 1. The van der Waals surface area contributed by atoms with Crippen LogP contribution in [0.1, 0.15) is 18.4 Å². The fraction of sp³-hybridized carbons (Fsp3) is 0.562. The second kappa shape index (κ2) is 5.76. The van der Waals surface area contributed by atoms with Crippen LogP contribution in [0.3, 0.4) is 0 Å². The minimum Gasteiger partial charge on any atom is -0.492 e. The molecule has 1 amide bonds. The average Bonchev–Trinajstić information content (AvgIpc) is 2.44. The van der Waals surface area contributed by atoms with Crippen LogP contribution in [0.5, 0.6) is 5.75 Å². The Morgan fingerprint density at radius 2 is 2.15 bits per heavy atom. The van der Waals surface area contributed by atoms with Gasteiger partial charge >= 0.3 is 0 Å². The van der Waals surface area contributed by atoms with Crippen LogP contribution in [-0.2, 0) is 11.2 Å². The van der Waals surface area contributed by atoms with Crippen molar-refractivity contribution >= 4 is 21.8 Å². The van der Waals surface area contributed by atoms with Crippen LogP contribution >= 0.6 is 15.9 Å². The number of carbonyl (C=O) groups is 1. The topological polar surface area (TPSA) is 29.5 Å². The molecule has 108 valence electrons. The van der Waals surface area contributed by atoms with Crippen molar-refractivity contribution in [1.82, 2.24) is 4.90 Å². The van der Waals surface area contributed by atoms with E-state index in [-0.39, 0.29) is 11.8 Å². The Morgan fingerprint density at radius 3 is 2.90 bits per heavy atom. The molecular weight excluding hydrogens is 318 g/mol. The number of amides is 1. The highest BCUT2D eigenvalue weighted by Gasteiger charge is 2.32. The third kappa shape index (κ3) is 2.85. The van der Waals surface area contributed by atoms with Gasteiger partial charge in [0.05, 0.1) is 5.92 Å². The van der Waals surface area contributed by atoms with Gasteiger partial charge in [-0.2, -0.15) is 0 Å². The van der Waals surface area contributed by atoms with Gasteiger partial charge in [-0.1, -0.05) is 34.1 Å². The van der Waals surface area contributed by atoms with E-state index in [1.807, 2.05) is 30.1 Å². The first-order valence-corrected chi connectivity index (χ1v) is 8.15. The van der Waals surface area contributed by atoms with Crippen molar-refractivity contribution in [1.29, 1.82) is 0 Å². The van der Waals surface area contributed by atoms with Crippen molar-refractivity contribution in [3.05, 3.63) is 29.8 Å². The molecule has 0 saturated heterocycles. The third-order valence-corrected chi connectivity index (χ3v) is 5.06. The zero-order chi connectivity index (χ0) is 14.1. The van der Waals surface area contributed by atoms with E-state index in [9.17, 15) is 4.79 Å². The van der Waals surface area contributed by atoms with Crippen molar-refractivity contribution in [2.75, 3.05) is 20.2 Å². The molecule has 1 aromatic rings. The molecule has 0 N–H and O–H groups in total. The molecule has 0 bridgehead atoms. The van der Waals surface area contributed by atoms with Gasteiger partial charge in [-0.3, -0.25) is 4.79 Å². The summed E-state index contributed by atoms with van der Waals surface area (Å²) in [5, 5.41) is 0. The lowest BCUT2D eigenvalue weighted by molar-refractivity contribution is -0.136. The van der Waals surface area contributed by atoms with Crippen LogP contribution in [0, 0.1) is 11.8 Å². The Labute approximate surface area is 128 Å². The summed E-state index contributed by atoms with van der Waals surface area (Å²) >= 11 is 3.60. The van der Waals surface area contributed by atoms with Crippen LogP contribution in [0.15, 0.2) is 24.3 Å². The van der Waals surface area contributed by atoms with Gasteiger partial charge in [-0.25, -0.2) is 0 Å². The molecule has 1 atom stereocenters. The summed E-state index contributed by atoms with van der Waals surface area (Å²) in [6, 6.07) is 8.00. The van der Waals surface area contributed by atoms with E-state index in [1.165, 1.54) is 12.8 Å². The molecule has 3 nitrogen and oxygen atoms in total. The smallest absolute Gasteiger partial charge is 0.229 e. The number of hydrogen-bond acceptors (Lipinski definition) is 2. The number of fused-ring (bicyclic) bond motifs is 1. The molecule has 1 heterocycles. The predicted molar refractivity (Wildman–Crippen MR) is 82.2 cm³/mol. The lowest BCUT2D eigenvalue weighted by atomic mass is 9.84. The lowest BCUT2D eigenvalue weighted by Gasteiger charge is -2.36. The molecule has 1 unspecified atom stereocenters. The van der Waals surface area contributed by atoms with E-state index >= 15 is 0 Å². The van der Waals surface area contributed by atoms with E-state index in [2.05, 4.69) is 22.0 Å². The van der Waals surface area contributed by atoms with Crippen LogP contribution in [0.2, 0.25) is 0 Å².